The molecule has 0 atom stereocenters. The van der Waals surface area contributed by atoms with E-state index in [0.29, 0.717) is 23.6 Å². The fraction of sp³-hybridized carbons (Fsp3) is 0.200. The van der Waals surface area contributed by atoms with E-state index >= 15 is 0 Å². The van der Waals surface area contributed by atoms with Crippen molar-refractivity contribution in [3.63, 3.8) is 0 Å². The molecule has 0 fully saturated rings. The number of H-pyrrole nitrogens is 1. The Hall–Kier alpha value is -3.00. The van der Waals surface area contributed by atoms with Gasteiger partial charge in [-0.05, 0) is 49.2 Å². The first-order valence-electron chi connectivity index (χ1n) is 8.81. The third-order valence-corrected chi connectivity index (χ3v) is 4.58. The topological polar surface area (TPSA) is 99.8 Å². The Labute approximate surface area is 170 Å². The molecule has 1 amide bonds. The van der Waals surface area contributed by atoms with Crippen molar-refractivity contribution in [3.05, 3.63) is 68.7 Å². The van der Waals surface area contributed by atoms with Crippen molar-refractivity contribution in [2.45, 2.75) is 20.3 Å². The van der Waals surface area contributed by atoms with E-state index in [0.717, 1.165) is 21.4 Å². The van der Waals surface area contributed by atoms with Crippen molar-refractivity contribution in [1.29, 1.82) is 0 Å². The first-order valence-corrected chi connectivity index (χ1v) is 9.60. The molecule has 2 heterocycles. The average molecular weight is 442 g/mol. The number of carbonyl (C=O) groups is 1. The Morgan fingerprint density at radius 2 is 2.04 bits per heavy atom. The summed E-state index contributed by atoms with van der Waals surface area (Å²) in [5.41, 5.74) is 2.97. The van der Waals surface area contributed by atoms with Crippen LogP contribution in [0.25, 0.3) is 11.4 Å². The van der Waals surface area contributed by atoms with Crippen molar-refractivity contribution in [2.24, 2.45) is 0 Å². The van der Waals surface area contributed by atoms with E-state index in [9.17, 15) is 9.59 Å². The molecule has 0 saturated heterocycles. The summed E-state index contributed by atoms with van der Waals surface area (Å²) in [7, 11) is 0. The largest absolute Gasteiger partial charge is 0.361 e. The molecule has 144 valence electrons. The van der Waals surface area contributed by atoms with Gasteiger partial charge in [-0.1, -0.05) is 22.9 Å². The molecule has 3 aromatic rings. The number of hydrogen-bond acceptors (Lipinski definition) is 5. The van der Waals surface area contributed by atoms with Gasteiger partial charge in [0.25, 0.3) is 5.56 Å². The van der Waals surface area contributed by atoms with Gasteiger partial charge in [0.15, 0.2) is 0 Å². The molecule has 3 rings (SSSR count). The van der Waals surface area contributed by atoms with Crippen LogP contribution in [0.1, 0.15) is 18.2 Å². The van der Waals surface area contributed by atoms with E-state index in [2.05, 4.69) is 41.5 Å². The lowest BCUT2D eigenvalue weighted by molar-refractivity contribution is -0.114. The minimum atomic E-state index is -0.191. The highest BCUT2D eigenvalue weighted by molar-refractivity contribution is 9.10. The van der Waals surface area contributed by atoms with Gasteiger partial charge < -0.3 is 15.6 Å². The fourth-order valence-corrected chi connectivity index (χ4v) is 3.07. The van der Waals surface area contributed by atoms with E-state index < -0.39 is 0 Å². The molecular formula is C20H20BrN5O2. The predicted octanol–water partition coefficient (Wildman–Crippen LogP) is 3.52. The molecule has 3 N–H and O–H groups in total. The number of aromatic nitrogens is 3. The Bertz CT molecular complexity index is 1050. The molecular weight excluding hydrogens is 422 g/mol. The number of benzene rings is 1. The minimum absolute atomic E-state index is 0.0856. The van der Waals surface area contributed by atoms with Crippen LogP contribution in [0.2, 0.25) is 0 Å². The minimum Gasteiger partial charge on any atom is -0.361 e. The molecule has 0 aliphatic heterocycles. The van der Waals surface area contributed by atoms with Crippen molar-refractivity contribution >= 4 is 33.3 Å². The van der Waals surface area contributed by atoms with Crippen LogP contribution in [-0.4, -0.2) is 27.4 Å². The molecule has 0 radical (unpaired) electrons. The second kappa shape index (κ2) is 8.79. The second-order valence-corrected chi connectivity index (χ2v) is 7.15. The number of pyridine rings is 1. The highest BCUT2D eigenvalue weighted by Crippen LogP contribution is 2.20. The first kappa shape index (κ1) is 19.8. The molecule has 0 saturated carbocycles. The summed E-state index contributed by atoms with van der Waals surface area (Å²) in [6, 6.07) is 10.7. The van der Waals surface area contributed by atoms with Crippen molar-refractivity contribution in [2.75, 3.05) is 17.2 Å². The molecule has 0 spiro atoms. The normalized spacial score (nSPS) is 10.5. The highest BCUT2D eigenvalue weighted by Gasteiger charge is 2.07. The SMILES string of the molecule is CCc1cc(=O)[nH]c(-c2ccc(NCC(=O)Nc3ccc(Br)cc3C)nc2)n1. The van der Waals surface area contributed by atoms with E-state index in [1.165, 1.54) is 6.07 Å². The Kier molecular flexibility index (Phi) is 6.20. The first-order chi connectivity index (χ1) is 13.4. The maximum atomic E-state index is 12.2. The second-order valence-electron chi connectivity index (χ2n) is 6.23. The van der Waals surface area contributed by atoms with Gasteiger partial charge in [0.05, 0.1) is 6.54 Å². The zero-order chi connectivity index (χ0) is 20.1. The Morgan fingerprint density at radius 1 is 1.21 bits per heavy atom. The molecule has 1 aromatic carbocycles. The third kappa shape index (κ3) is 5.04. The maximum absolute atomic E-state index is 12.2. The van der Waals surface area contributed by atoms with Crippen LogP contribution in [0.5, 0.6) is 0 Å². The van der Waals surface area contributed by atoms with Crippen LogP contribution in [-0.2, 0) is 11.2 Å². The molecule has 0 unspecified atom stereocenters. The molecule has 2 aromatic heterocycles. The smallest absolute Gasteiger partial charge is 0.251 e. The predicted molar refractivity (Wildman–Crippen MR) is 113 cm³/mol. The summed E-state index contributed by atoms with van der Waals surface area (Å²) in [6.45, 7) is 3.96. The summed E-state index contributed by atoms with van der Waals surface area (Å²) in [5, 5.41) is 5.85. The summed E-state index contributed by atoms with van der Waals surface area (Å²) in [5.74, 6) is 0.866. The number of nitrogens with zero attached hydrogens (tertiary/aromatic N) is 2. The third-order valence-electron chi connectivity index (χ3n) is 4.09. The van der Waals surface area contributed by atoms with Crippen LogP contribution in [0.3, 0.4) is 0 Å². The maximum Gasteiger partial charge on any atom is 0.251 e. The Balaban J connectivity index is 1.62. The zero-order valence-corrected chi connectivity index (χ0v) is 17.1. The van der Waals surface area contributed by atoms with Gasteiger partial charge in [0, 0.05) is 33.7 Å². The number of rotatable bonds is 6. The van der Waals surface area contributed by atoms with E-state index in [4.69, 9.17) is 0 Å². The summed E-state index contributed by atoms with van der Waals surface area (Å²) in [6.07, 6.45) is 2.29. The number of anilines is 2. The van der Waals surface area contributed by atoms with Crippen LogP contribution in [0, 0.1) is 6.92 Å². The van der Waals surface area contributed by atoms with Gasteiger partial charge in [-0.15, -0.1) is 0 Å². The van der Waals surface area contributed by atoms with Crippen molar-refractivity contribution < 1.29 is 4.79 Å². The van der Waals surface area contributed by atoms with Crippen LogP contribution < -0.4 is 16.2 Å². The van der Waals surface area contributed by atoms with Crippen molar-refractivity contribution in [3.8, 4) is 11.4 Å². The van der Waals surface area contributed by atoms with Gasteiger partial charge in [0.2, 0.25) is 5.91 Å². The number of aromatic amines is 1. The zero-order valence-electron chi connectivity index (χ0n) is 15.5. The van der Waals surface area contributed by atoms with Gasteiger partial charge in [0.1, 0.15) is 11.6 Å². The average Bonchev–Trinajstić information content (AvgIpc) is 2.68. The van der Waals surface area contributed by atoms with E-state index in [1.54, 1.807) is 18.3 Å². The molecule has 28 heavy (non-hydrogen) atoms. The van der Waals surface area contributed by atoms with Gasteiger partial charge in [-0.25, -0.2) is 9.97 Å². The number of carbonyl (C=O) groups excluding carboxylic acids is 1. The molecule has 0 bridgehead atoms. The molecule has 8 heteroatoms. The van der Waals surface area contributed by atoms with Crippen LogP contribution >= 0.6 is 15.9 Å². The number of halogens is 1. The summed E-state index contributed by atoms with van der Waals surface area (Å²) in [4.78, 5) is 35.3. The standard InChI is InChI=1S/C20H20BrN5O2/c1-3-15-9-18(27)26-20(24-15)13-4-7-17(22-10-13)23-11-19(28)25-16-6-5-14(21)8-12(16)2/h4-10H,3,11H2,1-2H3,(H,22,23)(H,25,28)(H,24,26,27). The van der Waals surface area contributed by atoms with Gasteiger partial charge in [-0.3, -0.25) is 9.59 Å². The number of nitrogens with one attached hydrogen (secondary N) is 3. The lowest BCUT2D eigenvalue weighted by Gasteiger charge is -2.10. The highest BCUT2D eigenvalue weighted by atomic mass is 79.9. The number of amides is 1. The van der Waals surface area contributed by atoms with Crippen LogP contribution in [0.4, 0.5) is 11.5 Å². The summed E-state index contributed by atoms with van der Waals surface area (Å²) < 4.78 is 0.964. The fourth-order valence-electron chi connectivity index (χ4n) is 2.60. The lowest BCUT2D eigenvalue weighted by Crippen LogP contribution is -2.22. The van der Waals surface area contributed by atoms with Crippen molar-refractivity contribution in [1.82, 2.24) is 15.0 Å². The Morgan fingerprint density at radius 3 is 2.71 bits per heavy atom. The van der Waals surface area contributed by atoms with Crippen LogP contribution in [0.15, 0.2) is 51.9 Å². The lowest BCUT2D eigenvalue weighted by atomic mass is 10.2. The molecule has 0 aliphatic rings. The number of hydrogen-bond donors (Lipinski definition) is 3. The quantitative estimate of drug-likeness (QED) is 0.543. The van der Waals surface area contributed by atoms with E-state index in [-0.39, 0.29) is 18.0 Å². The van der Waals surface area contributed by atoms with E-state index in [1.807, 2.05) is 32.0 Å². The van der Waals surface area contributed by atoms with Gasteiger partial charge >= 0.3 is 0 Å². The molecule has 7 nitrogen and oxygen atoms in total. The number of aryl methyl sites for hydroxylation is 2. The summed E-state index contributed by atoms with van der Waals surface area (Å²) >= 11 is 3.40. The monoisotopic (exact) mass is 441 g/mol. The molecule has 0 aliphatic carbocycles. The van der Waals surface area contributed by atoms with Gasteiger partial charge in [-0.2, -0.15) is 0 Å².